The molecular weight excluding hydrogens is 296 g/mol. The first-order chi connectivity index (χ1) is 8.72. The molecule has 0 aromatic heterocycles. The van der Waals surface area contributed by atoms with Crippen molar-refractivity contribution in [3.05, 3.63) is 34.3 Å². The van der Waals surface area contributed by atoms with Crippen LogP contribution in [0.15, 0.2) is 28.7 Å². The maximum Gasteiger partial charge on any atom is 0.0589 e. The number of benzene rings is 1. The summed E-state index contributed by atoms with van der Waals surface area (Å²) < 4.78 is 6.14. The minimum absolute atomic E-state index is 0.102. The molecule has 0 aliphatic rings. The highest BCUT2D eigenvalue weighted by Gasteiger charge is 2.18. The van der Waals surface area contributed by atoms with E-state index in [1.807, 2.05) is 12.1 Å². The number of halogens is 1. The van der Waals surface area contributed by atoms with E-state index in [-0.39, 0.29) is 12.6 Å². The average molecular weight is 317 g/mol. The van der Waals surface area contributed by atoms with Gasteiger partial charge in [-0.05, 0) is 17.7 Å². The summed E-state index contributed by atoms with van der Waals surface area (Å²) in [5, 5.41) is 9.15. The maximum absolute atomic E-state index is 9.15. The highest BCUT2D eigenvalue weighted by Crippen LogP contribution is 2.22. The van der Waals surface area contributed by atoms with Crippen molar-refractivity contribution in [3.63, 3.8) is 0 Å². The van der Waals surface area contributed by atoms with Gasteiger partial charge in [0.1, 0.15) is 0 Å². The fourth-order valence-electron chi connectivity index (χ4n) is 1.97. The highest BCUT2D eigenvalue weighted by atomic mass is 79.9. The lowest BCUT2D eigenvalue weighted by molar-refractivity contribution is 0.103. The second-order valence-corrected chi connectivity index (χ2v) is 4.97. The first-order valence-corrected chi connectivity index (χ1v) is 6.81. The van der Waals surface area contributed by atoms with Crippen LogP contribution in [-0.2, 0) is 4.74 Å². The summed E-state index contributed by atoms with van der Waals surface area (Å²) in [4.78, 5) is 2.14. The van der Waals surface area contributed by atoms with Gasteiger partial charge in [-0.3, -0.25) is 4.90 Å². The van der Waals surface area contributed by atoms with Gasteiger partial charge in [-0.1, -0.05) is 28.1 Å². The fraction of sp³-hybridized carbons (Fsp3) is 0.538. The number of methoxy groups -OCH3 is 1. The molecule has 0 heterocycles. The second-order valence-electron chi connectivity index (χ2n) is 4.06. The van der Waals surface area contributed by atoms with Crippen LogP contribution in [0.1, 0.15) is 11.6 Å². The summed E-state index contributed by atoms with van der Waals surface area (Å²) in [6.45, 7) is 2.61. The Bertz CT molecular complexity index is 350. The van der Waals surface area contributed by atoms with Crippen LogP contribution in [-0.4, -0.2) is 50.0 Å². The molecule has 0 saturated heterocycles. The predicted molar refractivity (Wildman–Crippen MR) is 76.5 cm³/mol. The molecule has 0 spiro atoms. The van der Waals surface area contributed by atoms with Crippen LogP contribution < -0.4 is 5.73 Å². The van der Waals surface area contributed by atoms with E-state index in [1.165, 1.54) is 0 Å². The molecule has 1 aromatic rings. The van der Waals surface area contributed by atoms with E-state index in [2.05, 4.69) is 33.0 Å². The Hall–Kier alpha value is -0.460. The van der Waals surface area contributed by atoms with Crippen molar-refractivity contribution < 1.29 is 9.84 Å². The standard InChI is InChI=1S/C13H21BrN2O2/c1-18-8-6-16(5-7-17)13(10-15)11-3-2-4-12(14)9-11/h2-4,9,13,17H,5-8,10,15H2,1H3. The van der Waals surface area contributed by atoms with Crippen molar-refractivity contribution in [1.29, 1.82) is 0 Å². The molecule has 0 aliphatic carbocycles. The van der Waals surface area contributed by atoms with Gasteiger partial charge >= 0.3 is 0 Å². The molecule has 1 rings (SSSR count). The Morgan fingerprint density at radius 3 is 2.78 bits per heavy atom. The first kappa shape index (κ1) is 15.6. The lowest BCUT2D eigenvalue weighted by Gasteiger charge is -2.30. The van der Waals surface area contributed by atoms with Gasteiger partial charge in [0, 0.05) is 37.3 Å². The van der Waals surface area contributed by atoms with Crippen LogP contribution in [0, 0.1) is 0 Å². The minimum atomic E-state index is 0.102. The monoisotopic (exact) mass is 316 g/mol. The zero-order valence-corrected chi connectivity index (χ0v) is 12.3. The Labute approximate surface area is 117 Å². The van der Waals surface area contributed by atoms with Gasteiger partial charge in [0.2, 0.25) is 0 Å². The van der Waals surface area contributed by atoms with Crippen LogP contribution in [0.25, 0.3) is 0 Å². The highest BCUT2D eigenvalue weighted by molar-refractivity contribution is 9.10. The maximum atomic E-state index is 9.15. The number of aliphatic hydroxyl groups is 1. The van der Waals surface area contributed by atoms with Crippen LogP contribution in [0.3, 0.4) is 0 Å². The molecule has 0 saturated carbocycles. The van der Waals surface area contributed by atoms with Crippen LogP contribution in [0.4, 0.5) is 0 Å². The van der Waals surface area contributed by atoms with Crippen molar-refractivity contribution in [2.75, 3.05) is 40.0 Å². The number of aliphatic hydroxyl groups excluding tert-OH is 1. The van der Waals surface area contributed by atoms with E-state index in [0.717, 1.165) is 16.6 Å². The fourth-order valence-corrected chi connectivity index (χ4v) is 2.39. The van der Waals surface area contributed by atoms with Gasteiger partial charge in [-0.25, -0.2) is 0 Å². The number of hydrogen-bond acceptors (Lipinski definition) is 4. The van der Waals surface area contributed by atoms with Crippen LogP contribution >= 0.6 is 15.9 Å². The van der Waals surface area contributed by atoms with E-state index >= 15 is 0 Å². The molecule has 0 aliphatic heterocycles. The largest absolute Gasteiger partial charge is 0.395 e. The third kappa shape index (κ3) is 4.66. The molecule has 3 N–H and O–H groups in total. The van der Waals surface area contributed by atoms with E-state index < -0.39 is 0 Å². The van der Waals surface area contributed by atoms with Crippen LogP contribution in [0.5, 0.6) is 0 Å². The number of nitrogens with two attached hydrogens (primary N) is 1. The summed E-state index contributed by atoms with van der Waals surface area (Å²) in [5.74, 6) is 0. The first-order valence-electron chi connectivity index (χ1n) is 6.02. The molecule has 1 aromatic carbocycles. The van der Waals surface area contributed by atoms with Crippen LogP contribution in [0.2, 0.25) is 0 Å². The number of hydrogen-bond donors (Lipinski definition) is 2. The van der Waals surface area contributed by atoms with Gasteiger partial charge < -0.3 is 15.6 Å². The van der Waals surface area contributed by atoms with Gasteiger partial charge in [-0.15, -0.1) is 0 Å². The van der Waals surface area contributed by atoms with E-state index in [9.17, 15) is 0 Å². The van der Waals surface area contributed by atoms with Crippen molar-refractivity contribution in [2.45, 2.75) is 6.04 Å². The lowest BCUT2D eigenvalue weighted by Crippen LogP contribution is -2.38. The predicted octanol–water partition coefficient (Wildman–Crippen LogP) is 1.39. The molecule has 0 fully saturated rings. The molecule has 1 unspecified atom stereocenters. The van der Waals surface area contributed by atoms with Gasteiger partial charge in [0.25, 0.3) is 0 Å². The lowest BCUT2D eigenvalue weighted by atomic mass is 10.1. The van der Waals surface area contributed by atoms with Gasteiger partial charge in [-0.2, -0.15) is 0 Å². The van der Waals surface area contributed by atoms with Gasteiger partial charge in [0.15, 0.2) is 0 Å². The Kier molecular flexibility index (Phi) is 7.46. The summed E-state index contributed by atoms with van der Waals surface area (Å²) in [6.07, 6.45) is 0. The SMILES string of the molecule is COCCN(CCO)C(CN)c1cccc(Br)c1. The van der Waals surface area contributed by atoms with Crippen molar-refractivity contribution in [1.82, 2.24) is 4.90 Å². The summed E-state index contributed by atoms with van der Waals surface area (Å²) in [6, 6.07) is 8.21. The smallest absolute Gasteiger partial charge is 0.0589 e. The molecule has 0 amide bonds. The normalized spacial score (nSPS) is 12.9. The Morgan fingerprint density at radius 2 is 2.22 bits per heavy atom. The minimum Gasteiger partial charge on any atom is -0.395 e. The number of ether oxygens (including phenoxy) is 1. The van der Waals surface area contributed by atoms with Crippen molar-refractivity contribution in [2.24, 2.45) is 5.73 Å². The molecule has 0 radical (unpaired) electrons. The topological polar surface area (TPSA) is 58.7 Å². The molecule has 1 atom stereocenters. The Balaban J connectivity index is 2.83. The second kappa shape index (κ2) is 8.61. The number of nitrogens with zero attached hydrogens (tertiary/aromatic N) is 1. The molecule has 4 nitrogen and oxygen atoms in total. The molecule has 102 valence electrons. The quantitative estimate of drug-likeness (QED) is 0.761. The third-order valence-corrected chi connectivity index (χ3v) is 3.36. The molecule has 0 bridgehead atoms. The van der Waals surface area contributed by atoms with Crippen molar-refractivity contribution >= 4 is 15.9 Å². The molecular formula is C13H21BrN2O2. The molecule has 18 heavy (non-hydrogen) atoms. The zero-order valence-electron chi connectivity index (χ0n) is 10.7. The van der Waals surface area contributed by atoms with E-state index in [4.69, 9.17) is 15.6 Å². The summed E-state index contributed by atoms with van der Waals surface area (Å²) in [7, 11) is 1.67. The zero-order chi connectivity index (χ0) is 13.4. The van der Waals surface area contributed by atoms with Gasteiger partial charge in [0.05, 0.1) is 13.2 Å². The summed E-state index contributed by atoms with van der Waals surface area (Å²) in [5.41, 5.74) is 7.03. The van der Waals surface area contributed by atoms with Crippen molar-refractivity contribution in [3.8, 4) is 0 Å². The Morgan fingerprint density at radius 1 is 1.44 bits per heavy atom. The van der Waals surface area contributed by atoms with E-state index in [0.29, 0.717) is 19.7 Å². The molecule has 5 heteroatoms. The average Bonchev–Trinajstić information content (AvgIpc) is 2.37. The third-order valence-electron chi connectivity index (χ3n) is 2.87. The van der Waals surface area contributed by atoms with E-state index in [1.54, 1.807) is 7.11 Å². The summed E-state index contributed by atoms with van der Waals surface area (Å²) >= 11 is 3.47. The number of rotatable bonds is 8.